The third-order valence-electron chi connectivity index (χ3n) is 4.45. The number of hydrogen-bond acceptors (Lipinski definition) is 5. The third kappa shape index (κ3) is 2.53. The van der Waals surface area contributed by atoms with Crippen LogP contribution in [0.2, 0.25) is 0 Å². The summed E-state index contributed by atoms with van der Waals surface area (Å²) in [6, 6.07) is 15.0. The fraction of sp³-hybridized carbons (Fsp3) is 0.0526. The molecule has 6 nitrogen and oxygen atoms in total. The number of imidazole rings is 1. The number of fused-ring (bicyclic) bond motifs is 2. The van der Waals surface area contributed by atoms with E-state index in [1.54, 1.807) is 10.6 Å². The summed E-state index contributed by atoms with van der Waals surface area (Å²) in [5, 5.41) is 12.1. The molecule has 0 fully saturated rings. The second kappa shape index (κ2) is 5.97. The van der Waals surface area contributed by atoms with E-state index >= 15 is 0 Å². The van der Waals surface area contributed by atoms with Crippen molar-refractivity contribution in [1.82, 2.24) is 14.5 Å². The van der Waals surface area contributed by atoms with E-state index in [4.69, 9.17) is 12.2 Å². The van der Waals surface area contributed by atoms with Gasteiger partial charge >= 0.3 is 0 Å². The maximum absolute atomic E-state index is 12.4. The first-order valence-electron chi connectivity index (χ1n) is 8.21. The quantitative estimate of drug-likeness (QED) is 0.524. The molecule has 2 aromatic heterocycles. The molecular weight excluding hydrogens is 380 g/mol. The Kier molecular flexibility index (Phi) is 3.56. The number of carbonyl (C=O) groups excluding carboxylic acids is 1. The average molecular weight is 392 g/mol. The van der Waals surface area contributed by atoms with Crippen molar-refractivity contribution in [2.75, 3.05) is 0 Å². The number of hydrogen-bond donors (Lipinski definition) is 2. The number of aromatic nitrogens is 3. The van der Waals surface area contributed by atoms with Crippen molar-refractivity contribution >= 4 is 46.1 Å². The summed E-state index contributed by atoms with van der Waals surface area (Å²) in [5.74, 6) is 0.277. The number of amides is 1. The maximum Gasteiger partial charge on any atom is 0.279 e. The molecule has 1 aliphatic rings. The number of para-hydroxylation sites is 3. The molecule has 1 amide bonds. The smallest absolute Gasteiger partial charge is 0.279 e. The fourth-order valence-corrected chi connectivity index (χ4v) is 4.55. The van der Waals surface area contributed by atoms with Crippen molar-refractivity contribution in [2.24, 2.45) is 4.99 Å². The maximum atomic E-state index is 12.4. The summed E-state index contributed by atoms with van der Waals surface area (Å²) in [6.45, 7) is 0.288. The summed E-state index contributed by atoms with van der Waals surface area (Å²) in [7, 11) is 0. The number of nitrogens with zero attached hydrogens (tertiary/aromatic N) is 3. The van der Waals surface area contributed by atoms with Crippen LogP contribution in [0.3, 0.4) is 0 Å². The second-order valence-corrected chi connectivity index (χ2v) is 7.76. The lowest BCUT2D eigenvalue weighted by Gasteiger charge is -2.03. The summed E-state index contributed by atoms with van der Waals surface area (Å²) in [5.41, 5.74) is 2.16. The van der Waals surface area contributed by atoms with Crippen LogP contribution in [0.25, 0.3) is 16.6 Å². The van der Waals surface area contributed by atoms with E-state index in [0.717, 1.165) is 11.0 Å². The van der Waals surface area contributed by atoms with Gasteiger partial charge in [-0.15, -0.1) is 11.3 Å². The number of thiazole rings is 1. The van der Waals surface area contributed by atoms with Gasteiger partial charge < -0.3 is 10.1 Å². The largest absolute Gasteiger partial charge is 0.493 e. The lowest BCUT2D eigenvalue weighted by Crippen LogP contribution is -2.22. The van der Waals surface area contributed by atoms with Crippen LogP contribution < -0.4 is 10.6 Å². The zero-order valence-corrected chi connectivity index (χ0v) is 15.5. The Morgan fingerprint density at radius 3 is 2.78 bits per heavy atom. The fourth-order valence-electron chi connectivity index (χ4n) is 3.21. The monoisotopic (exact) mass is 392 g/mol. The number of benzene rings is 2. The Balaban J connectivity index is 1.63. The Hall–Kier alpha value is -3.10. The molecule has 0 bridgehead atoms. The molecule has 3 heterocycles. The van der Waals surface area contributed by atoms with Gasteiger partial charge in [-0.05, 0) is 30.4 Å². The van der Waals surface area contributed by atoms with E-state index in [0.29, 0.717) is 30.8 Å². The van der Waals surface area contributed by atoms with Gasteiger partial charge in [-0.25, -0.2) is 9.98 Å². The minimum absolute atomic E-state index is 0.0410. The van der Waals surface area contributed by atoms with E-state index in [2.05, 4.69) is 15.0 Å². The highest BCUT2D eigenvalue weighted by Crippen LogP contribution is 2.33. The first kappa shape index (κ1) is 16.1. The molecule has 132 valence electrons. The molecule has 4 aromatic rings. The average Bonchev–Trinajstić information content (AvgIpc) is 3.30. The first-order valence-corrected chi connectivity index (χ1v) is 9.43. The molecular formula is C19H12N4O2S2. The topological polar surface area (TPSA) is 83.3 Å². The van der Waals surface area contributed by atoms with Crippen LogP contribution in [0.15, 0.2) is 53.5 Å². The van der Waals surface area contributed by atoms with Crippen LogP contribution in [-0.2, 0) is 11.3 Å². The normalized spacial score (nSPS) is 13.2. The molecule has 0 aliphatic carbocycles. The Morgan fingerprint density at radius 2 is 1.93 bits per heavy atom. The van der Waals surface area contributed by atoms with E-state index in [-0.39, 0.29) is 18.3 Å². The van der Waals surface area contributed by atoms with Gasteiger partial charge in [0.15, 0.2) is 3.95 Å². The molecule has 0 radical (unpaired) electrons. The first-order chi connectivity index (χ1) is 13.1. The van der Waals surface area contributed by atoms with Gasteiger partial charge in [0.1, 0.15) is 10.7 Å². The van der Waals surface area contributed by atoms with E-state index in [9.17, 15) is 9.90 Å². The van der Waals surface area contributed by atoms with Gasteiger partial charge in [0.25, 0.3) is 5.91 Å². The second-order valence-electron chi connectivity index (χ2n) is 6.12. The highest BCUT2D eigenvalue weighted by Gasteiger charge is 2.25. The van der Waals surface area contributed by atoms with Crippen LogP contribution in [0.1, 0.15) is 10.7 Å². The minimum atomic E-state index is -0.362. The van der Waals surface area contributed by atoms with Crippen molar-refractivity contribution in [2.45, 2.75) is 6.54 Å². The van der Waals surface area contributed by atoms with Gasteiger partial charge in [0.2, 0.25) is 5.88 Å². The molecule has 0 saturated heterocycles. The minimum Gasteiger partial charge on any atom is -0.493 e. The van der Waals surface area contributed by atoms with E-state index in [1.165, 1.54) is 11.3 Å². The molecule has 1 aliphatic heterocycles. The van der Waals surface area contributed by atoms with Crippen molar-refractivity contribution in [1.29, 1.82) is 0 Å². The SMILES string of the molecule is O=C1N=c2ccccc2=C1c1sc(=S)n(Cc2nc3ccccc3[nH]2)c1O. The van der Waals surface area contributed by atoms with Gasteiger partial charge in [0.05, 0.1) is 28.5 Å². The molecule has 0 atom stereocenters. The van der Waals surface area contributed by atoms with Crippen LogP contribution >= 0.6 is 23.6 Å². The zero-order chi connectivity index (χ0) is 18.5. The summed E-state index contributed by atoms with van der Waals surface area (Å²) < 4.78 is 2.04. The van der Waals surface area contributed by atoms with Gasteiger partial charge in [0, 0.05) is 5.22 Å². The van der Waals surface area contributed by atoms with Crippen LogP contribution in [-0.4, -0.2) is 25.5 Å². The van der Waals surface area contributed by atoms with Crippen molar-refractivity contribution in [3.05, 3.63) is 73.8 Å². The number of H-pyrrole nitrogens is 1. The lowest BCUT2D eigenvalue weighted by atomic mass is 10.1. The van der Waals surface area contributed by atoms with Gasteiger partial charge in [-0.3, -0.25) is 9.36 Å². The van der Waals surface area contributed by atoms with Crippen molar-refractivity contribution in [3.63, 3.8) is 0 Å². The molecule has 8 heteroatoms. The van der Waals surface area contributed by atoms with Crippen molar-refractivity contribution in [3.8, 4) is 5.88 Å². The summed E-state index contributed by atoms with van der Waals surface area (Å²) in [6.07, 6.45) is 0. The molecule has 27 heavy (non-hydrogen) atoms. The van der Waals surface area contributed by atoms with E-state index in [1.807, 2.05) is 42.5 Å². The molecule has 0 unspecified atom stereocenters. The number of rotatable bonds is 3. The number of aromatic amines is 1. The molecule has 5 rings (SSSR count). The Labute approximate surface area is 161 Å². The molecule has 0 saturated carbocycles. The predicted molar refractivity (Wildman–Crippen MR) is 105 cm³/mol. The molecule has 2 N–H and O–H groups in total. The number of nitrogens with one attached hydrogen (secondary N) is 1. The lowest BCUT2D eigenvalue weighted by molar-refractivity contribution is -0.112. The molecule has 0 spiro atoms. The number of carbonyl (C=O) groups is 1. The standard InChI is InChI=1S/C19H12N4O2S2/c24-17-15(10-5-1-2-6-11(10)22-17)16-18(25)23(19(26)27-16)9-14-20-12-7-3-4-8-13(12)21-14/h1-8,25H,9H2,(H,20,21). The Bertz CT molecular complexity index is 1380. The van der Waals surface area contributed by atoms with Gasteiger partial charge in [-0.2, -0.15) is 0 Å². The Morgan fingerprint density at radius 1 is 1.15 bits per heavy atom. The van der Waals surface area contributed by atoms with Crippen LogP contribution in [0.4, 0.5) is 0 Å². The predicted octanol–water partition coefficient (Wildman–Crippen LogP) is 2.27. The van der Waals surface area contributed by atoms with Gasteiger partial charge in [-0.1, -0.05) is 30.3 Å². The molecule has 2 aromatic carbocycles. The van der Waals surface area contributed by atoms with E-state index < -0.39 is 0 Å². The zero-order valence-electron chi connectivity index (χ0n) is 13.8. The third-order valence-corrected chi connectivity index (χ3v) is 5.91. The highest BCUT2D eigenvalue weighted by atomic mass is 32.1. The summed E-state index contributed by atoms with van der Waals surface area (Å²) in [4.78, 5) is 24.7. The van der Waals surface area contributed by atoms with Crippen LogP contribution in [0.5, 0.6) is 5.88 Å². The van der Waals surface area contributed by atoms with Crippen molar-refractivity contribution < 1.29 is 9.90 Å². The van der Waals surface area contributed by atoms with Crippen LogP contribution in [0, 0.1) is 3.95 Å². The highest BCUT2D eigenvalue weighted by molar-refractivity contribution is 7.73. The summed E-state index contributed by atoms with van der Waals surface area (Å²) >= 11 is 6.64. The number of aromatic hydroxyl groups is 1.